The van der Waals surface area contributed by atoms with Gasteiger partial charge in [0.25, 0.3) is 0 Å². The lowest BCUT2D eigenvalue weighted by Crippen LogP contribution is -2.08. The van der Waals surface area contributed by atoms with Crippen LogP contribution in [-0.4, -0.2) is 10.1 Å². The van der Waals surface area contributed by atoms with Crippen molar-refractivity contribution in [2.45, 2.75) is 0 Å². The molecule has 2 N–H and O–H groups in total. The number of nitrogens with zero attached hydrogens (tertiary/aromatic N) is 1. The van der Waals surface area contributed by atoms with Gasteiger partial charge in [-0.1, -0.05) is 12.1 Å². The number of hydrogen-bond donors (Lipinski definition) is 2. The summed E-state index contributed by atoms with van der Waals surface area (Å²) in [7, 11) is 0. The third-order valence-electron chi connectivity index (χ3n) is 1.87. The summed E-state index contributed by atoms with van der Waals surface area (Å²) < 4.78 is 0. The van der Waals surface area contributed by atoms with E-state index in [2.05, 4.69) is 10.3 Å². The molecule has 0 bridgehead atoms. The molecule has 3 heteroatoms. The summed E-state index contributed by atoms with van der Waals surface area (Å²) in [4.78, 5) is 4.05. The van der Waals surface area contributed by atoms with Crippen LogP contribution in [0.2, 0.25) is 0 Å². The number of aliphatic hydroxyl groups excluding tert-OH is 1. The molecule has 0 radical (unpaired) electrons. The molecule has 70 valence electrons. The summed E-state index contributed by atoms with van der Waals surface area (Å²) >= 11 is 0. The zero-order valence-corrected chi connectivity index (χ0v) is 7.51. The van der Waals surface area contributed by atoms with Crippen LogP contribution in [0.3, 0.4) is 0 Å². The molecule has 3 nitrogen and oxygen atoms in total. The van der Waals surface area contributed by atoms with Crippen molar-refractivity contribution in [1.29, 1.82) is 0 Å². The lowest BCUT2D eigenvalue weighted by molar-refractivity contribution is 0.501. The fourth-order valence-corrected chi connectivity index (χ4v) is 1.18. The van der Waals surface area contributed by atoms with Gasteiger partial charge in [-0.15, -0.1) is 0 Å². The Hall–Kier alpha value is -2.03. The van der Waals surface area contributed by atoms with E-state index in [1.807, 2.05) is 24.3 Å². The molecule has 2 heterocycles. The van der Waals surface area contributed by atoms with E-state index in [1.54, 1.807) is 24.5 Å². The van der Waals surface area contributed by atoms with Crippen molar-refractivity contribution < 1.29 is 5.11 Å². The molecule has 2 rings (SSSR count). The zero-order valence-electron chi connectivity index (χ0n) is 7.51. The van der Waals surface area contributed by atoms with E-state index >= 15 is 0 Å². The van der Waals surface area contributed by atoms with Gasteiger partial charge in [0.1, 0.15) is 5.69 Å². The lowest BCUT2D eigenvalue weighted by atomic mass is 10.2. The lowest BCUT2D eigenvalue weighted by Gasteiger charge is -2.08. The summed E-state index contributed by atoms with van der Waals surface area (Å²) in [6.07, 6.45) is 8.91. The topological polar surface area (TPSA) is 45.1 Å². The van der Waals surface area contributed by atoms with Gasteiger partial charge in [0, 0.05) is 12.4 Å². The molecular formula is C11H10N2O. The molecule has 0 spiro atoms. The van der Waals surface area contributed by atoms with Gasteiger partial charge < -0.3 is 10.4 Å². The van der Waals surface area contributed by atoms with Crippen LogP contribution in [0.4, 0.5) is 0 Å². The minimum absolute atomic E-state index is 0.159. The summed E-state index contributed by atoms with van der Waals surface area (Å²) in [5, 5.41) is 12.8. The van der Waals surface area contributed by atoms with Gasteiger partial charge >= 0.3 is 0 Å². The van der Waals surface area contributed by atoms with Gasteiger partial charge in [0.15, 0.2) is 5.76 Å². The van der Waals surface area contributed by atoms with Crippen LogP contribution in [0.5, 0.6) is 0 Å². The summed E-state index contributed by atoms with van der Waals surface area (Å²) in [5.74, 6) is 0.159. The number of aliphatic hydroxyl groups is 1. The number of dihydropyridines is 1. The molecule has 1 aliphatic rings. The predicted octanol–water partition coefficient (Wildman–Crippen LogP) is 1.98. The third kappa shape index (κ3) is 1.66. The number of rotatable bonds is 1. The van der Waals surface area contributed by atoms with E-state index in [9.17, 15) is 5.11 Å². The first-order valence-electron chi connectivity index (χ1n) is 4.32. The molecule has 1 aliphatic heterocycles. The third-order valence-corrected chi connectivity index (χ3v) is 1.87. The number of pyridine rings is 1. The van der Waals surface area contributed by atoms with Gasteiger partial charge in [-0.25, -0.2) is 0 Å². The van der Waals surface area contributed by atoms with Crippen LogP contribution in [0.1, 0.15) is 5.69 Å². The fourth-order valence-electron chi connectivity index (χ4n) is 1.18. The SMILES string of the molecule is O/C(=C1/C=CC=CN1)c1ccccn1. The van der Waals surface area contributed by atoms with Gasteiger partial charge in [0.2, 0.25) is 0 Å². The highest BCUT2D eigenvalue weighted by Gasteiger charge is 2.05. The molecular weight excluding hydrogens is 176 g/mol. The average molecular weight is 186 g/mol. The Bertz CT molecular complexity index is 405. The maximum absolute atomic E-state index is 9.81. The van der Waals surface area contributed by atoms with Crippen LogP contribution in [-0.2, 0) is 0 Å². The first-order chi connectivity index (χ1) is 6.88. The van der Waals surface area contributed by atoms with E-state index in [1.165, 1.54) is 0 Å². The first-order valence-corrected chi connectivity index (χ1v) is 4.32. The summed E-state index contributed by atoms with van der Waals surface area (Å²) in [6.45, 7) is 0. The summed E-state index contributed by atoms with van der Waals surface area (Å²) in [6, 6.07) is 5.41. The zero-order chi connectivity index (χ0) is 9.80. The van der Waals surface area contributed by atoms with Gasteiger partial charge in [-0.2, -0.15) is 0 Å². The van der Waals surface area contributed by atoms with Crippen LogP contribution in [0.15, 0.2) is 54.5 Å². The van der Waals surface area contributed by atoms with E-state index in [0.717, 1.165) is 0 Å². The predicted molar refractivity (Wildman–Crippen MR) is 55.2 cm³/mol. The smallest absolute Gasteiger partial charge is 0.164 e. The molecule has 14 heavy (non-hydrogen) atoms. The maximum atomic E-state index is 9.81. The van der Waals surface area contributed by atoms with Gasteiger partial charge in [0.05, 0.1) is 5.70 Å². The second kappa shape index (κ2) is 3.79. The van der Waals surface area contributed by atoms with Gasteiger partial charge in [-0.05, 0) is 24.3 Å². The second-order valence-electron chi connectivity index (χ2n) is 2.84. The average Bonchev–Trinajstić information content (AvgIpc) is 2.30. The molecule has 0 saturated heterocycles. The summed E-state index contributed by atoms with van der Waals surface area (Å²) in [5.41, 5.74) is 1.22. The minimum atomic E-state index is 0.159. The van der Waals surface area contributed by atoms with E-state index in [4.69, 9.17) is 0 Å². The highest BCUT2D eigenvalue weighted by molar-refractivity contribution is 5.61. The Labute approximate surface area is 82.1 Å². The van der Waals surface area contributed by atoms with E-state index < -0.39 is 0 Å². The molecule has 0 aromatic carbocycles. The van der Waals surface area contributed by atoms with E-state index in [-0.39, 0.29) is 5.76 Å². The molecule has 1 aromatic heterocycles. The number of allylic oxidation sites excluding steroid dienone is 3. The Balaban J connectivity index is 2.36. The van der Waals surface area contributed by atoms with Crippen LogP contribution < -0.4 is 5.32 Å². The van der Waals surface area contributed by atoms with E-state index in [0.29, 0.717) is 11.4 Å². The van der Waals surface area contributed by atoms with Crippen molar-refractivity contribution >= 4 is 5.76 Å². The Morgan fingerprint density at radius 1 is 1.29 bits per heavy atom. The number of aromatic nitrogens is 1. The molecule has 0 atom stereocenters. The number of hydrogen-bond acceptors (Lipinski definition) is 3. The quantitative estimate of drug-likeness (QED) is 0.659. The van der Waals surface area contributed by atoms with Crippen LogP contribution >= 0.6 is 0 Å². The first kappa shape index (κ1) is 8.56. The monoisotopic (exact) mass is 186 g/mol. The Kier molecular flexibility index (Phi) is 2.32. The normalized spacial score (nSPS) is 17.7. The van der Waals surface area contributed by atoms with Crippen molar-refractivity contribution in [3.63, 3.8) is 0 Å². The largest absolute Gasteiger partial charge is 0.504 e. The minimum Gasteiger partial charge on any atom is -0.504 e. The molecule has 0 aliphatic carbocycles. The fraction of sp³-hybridized carbons (Fsp3) is 0. The molecule has 0 saturated carbocycles. The van der Waals surface area contributed by atoms with Gasteiger partial charge in [-0.3, -0.25) is 4.98 Å². The number of nitrogens with one attached hydrogen (secondary N) is 1. The van der Waals surface area contributed by atoms with Crippen LogP contribution in [0.25, 0.3) is 5.76 Å². The maximum Gasteiger partial charge on any atom is 0.164 e. The van der Waals surface area contributed by atoms with Crippen molar-refractivity contribution in [1.82, 2.24) is 10.3 Å². The van der Waals surface area contributed by atoms with Crippen molar-refractivity contribution in [3.05, 3.63) is 60.2 Å². The molecule has 0 unspecified atom stereocenters. The molecule has 0 amide bonds. The molecule has 0 fully saturated rings. The highest BCUT2D eigenvalue weighted by Crippen LogP contribution is 2.13. The van der Waals surface area contributed by atoms with Crippen molar-refractivity contribution in [2.75, 3.05) is 0 Å². The van der Waals surface area contributed by atoms with Crippen molar-refractivity contribution in [2.24, 2.45) is 0 Å². The second-order valence-corrected chi connectivity index (χ2v) is 2.84. The van der Waals surface area contributed by atoms with Crippen molar-refractivity contribution in [3.8, 4) is 0 Å². The molecule has 1 aromatic rings. The van der Waals surface area contributed by atoms with Crippen LogP contribution in [0, 0.1) is 0 Å². The Morgan fingerprint density at radius 2 is 2.21 bits per heavy atom. The Morgan fingerprint density at radius 3 is 2.86 bits per heavy atom. The highest BCUT2D eigenvalue weighted by atomic mass is 16.3. The standard InChI is InChI=1S/C11H10N2O/c14-11(9-5-1-3-7-12-9)10-6-2-4-8-13-10/h1-8,12,14H/b11-9-.